The zero-order chi connectivity index (χ0) is 13.3. The Kier molecular flexibility index (Phi) is 3.29. The lowest BCUT2D eigenvalue weighted by atomic mass is 10.1. The van der Waals surface area contributed by atoms with Crippen LogP contribution >= 0.6 is 0 Å². The first-order chi connectivity index (χ1) is 8.58. The van der Waals surface area contributed by atoms with E-state index in [0.29, 0.717) is 17.0 Å². The molecule has 0 radical (unpaired) electrons. The van der Waals surface area contributed by atoms with Crippen molar-refractivity contribution in [2.45, 2.75) is 13.5 Å². The Balaban J connectivity index is 2.57. The van der Waals surface area contributed by atoms with E-state index in [1.165, 1.54) is 7.11 Å². The van der Waals surface area contributed by atoms with Gasteiger partial charge in [-0.1, -0.05) is 0 Å². The predicted molar refractivity (Wildman–Crippen MR) is 63.1 cm³/mol. The van der Waals surface area contributed by atoms with Gasteiger partial charge in [0.15, 0.2) is 11.6 Å². The number of nitrogens with zero attached hydrogens (tertiary/aromatic N) is 1. The minimum Gasteiger partial charge on any atom is -0.494 e. The summed E-state index contributed by atoms with van der Waals surface area (Å²) in [6.45, 7) is 2.02. The fourth-order valence-electron chi connectivity index (χ4n) is 1.76. The van der Waals surface area contributed by atoms with Crippen LogP contribution in [-0.2, 0) is 6.54 Å². The molecule has 1 aromatic heterocycles. The van der Waals surface area contributed by atoms with Crippen LogP contribution in [0.15, 0.2) is 12.1 Å². The Bertz CT molecular complexity index is 581. The number of H-pyrrole nitrogens is 1. The molecular formula is C12H13F2N3O. The van der Waals surface area contributed by atoms with Crippen LogP contribution in [-0.4, -0.2) is 17.3 Å². The summed E-state index contributed by atoms with van der Waals surface area (Å²) in [5, 5.41) is 6.66. The predicted octanol–water partition coefficient (Wildman–Crippen LogP) is 2.13. The Morgan fingerprint density at radius 2 is 2.06 bits per heavy atom. The average Bonchev–Trinajstić information content (AvgIpc) is 2.72. The highest BCUT2D eigenvalue weighted by Gasteiger charge is 2.17. The van der Waals surface area contributed by atoms with E-state index in [4.69, 9.17) is 10.5 Å². The van der Waals surface area contributed by atoms with Gasteiger partial charge in [0.25, 0.3) is 0 Å². The maximum Gasteiger partial charge on any atom is 0.165 e. The Labute approximate surface area is 103 Å². The number of methoxy groups -OCH3 is 1. The van der Waals surface area contributed by atoms with Crippen molar-refractivity contribution in [3.8, 4) is 17.0 Å². The first-order valence-electron chi connectivity index (χ1n) is 5.35. The van der Waals surface area contributed by atoms with E-state index in [0.717, 1.165) is 12.1 Å². The van der Waals surface area contributed by atoms with Crippen LogP contribution in [0.2, 0.25) is 0 Å². The van der Waals surface area contributed by atoms with E-state index < -0.39 is 11.6 Å². The maximum atomic E-state index is 13.9. The zero-order valence-electron chi connectivity index (χ0n) is 10.1. The molecule has 1 aromatic carbocycles. The van der Waals surface area contributed by atoms with Crippen molar-refractivity contribution in [1.82, 2.24) is 10.2 Å². The second kappa shape index (κ2) is 4.73. The molecule has 6 heteroatoms. The molecule has 2 rings (SSSR count). The topological polar surface area (TPSA) is 63.9 Å². The number of hydrogen-bond donors (Lipinski definition) is 2. The third kappa shape index (κ3) is 1.95. The summed E-state index contributed by atoms with van der Waals surface area (Å²) >= 11 is 0. The van der Waals surface area contributed by atoms with Crippen LogP contribution in [0, 0.1) is 18.6 Å². The Hall–Kier alpha value is -1.95. The van der Waals surface area contributed by atoms with Crippen LogP contribution in [0.3, 0.4) is 0 Å². The molecule has 0 saturated heterocycles. The largest absolute Gasteiger partial charge is 0.494 e. The highest BCUT2D eigenvalue weighted by molar-refractivity contribution is 5.65. The summed E-state index contributed by atoms with van der Waals surface area (Å²) in [4.78, 5) is 0. The molecule has 1 heterocycles. The van der Waals surface area contributed by atoms with Crippen molar-refractivity contribution in [1.29, 1.82) is 0 Å². The van der Waals surface area contributed by atoms with Crippen molar-refractivity contribution in [2.24, 2.45) is 5.73 Å². The first-order valence-corrected chi connectivity index (χ1v) is 5.35. The number of benzene rings is 1. The van der Waals surface area contributed by atoms with Gasteiger partial charge in [-0.3, -0.25) is 5.10 Å². The fourth-order valence-corrected chi connectivity index (χ4v) is 1.76. The Morgan fingerprint density at radius 1 is 1.33 bits per heavy atom. The molecule has 0 amide bonds. The lowest BCUT2D eigenvalue weighted by Crippen LogP contribution is -1.98. The van der Waals surface area contributed by atoms with Crippen LogP contribution in [0.5, 0.6) is 5.75 Å². The normalized spacial score (nSPS) is 10.7. The number of aromatic amines is 1. The van der Waals surface area contributed by atoms with Gasteiger partial charge in [0.2, 0.25) is 0 Å². The van der Waals surface area contributed by atoms with Crippen molar-refractivity contribution in [3.05, 3.63) is 35.0 Å². The van der Waals surface area contributed by atoms with Crippen molar-refractivity contribution < 1.29 is 13.5 Å². The standard InChI is InChI=1S/C12H13F2N3O/c1-6-10(5-15)16-17-12(6)7-3-9(14)11(18-2)4-8(7)13/h3-4H,5,15H2,1-2H3,(H,16,17). The number of nitrogens with two attached hydrogens (primary N) is 1. The van der Waals surface area contributed by atoms with Crippen LogP contribution < -0.4 is 10.5 Å². The van der Waals surface area contributed by atoms with Crippen LogP contribution in [0.25, 0.3) is 11.3 Å². The number of aromatic nitrogens is 2. The minimum atomic E-state index is -0.634. The molecule has 0 fully saturated rings. The third-order valence-corrected chi connectivity index (χ3v) is 2.81. The average molecular weight is 253 g/mol. The number of ether oxygens (including phenoxy) is 1. The molecule has 0 aliphatic rings. The molecule has 0 spiro atoms. The molecule has 0 atom stereocenters. The molecule has 2 aromatic rings. The van der Waals surface area contributed by atoms with Gasteiger partial charge in [0.1, 0.15) is 5.82 Å². The van der Waals surface area contributed by atoms with E-state index in [2.05, 4.69) is 10.2 Å². The summed E-state index contributed by atoms with van der Waals surface area (Å²) in [5.41, 5.74) is 7.34. The van der Waals surface area contributed by atoms with E-state index >= 15 is 0 Å². The number of halogens is 2. The van der Waals surface area contributed by atoms with Crippen LogP contribution in [0.4, 0.5) is 8.78 Å². The van der Waals surface area contributed by atoms with Crippen molar-refractivity contribution in [2.75, 3.05) is 7.11 Å². The monoisotopic (exact) mass is 253 g/mol. The number of rotatable bonds is 3. The molecule has 0 aliphatic carbocycles. The highest BCUT2D eigenvalue weighted by atomic mass is 19.1. The van der Waals surface area contributed by atoms with Crippen molar-refractivity contribution in [3.63, 3.8) is 0 Å². The van der Waals surface area contributed by atoms with Gasteiger partial charge in [-0.2, -0.15) is 5.10 Å². The molecule has 96 valence electrons. The zero-order valence-corrected chi connectivity index (χ0v) is 10.1. The van der Waals surface area contributed by atoms with Crippen LogP contribution in [0.1, 0.15) is 11.3 Å². The second-order valence-corrected chi connectivity index (χ2v) is 3.85. The lowest BCUT2D eigenvalue weighted by Gasteiger charge is -2.06. The fraction of sp³-hybridized carbons (Fsp3) is 0.250. The third-order valence-electron chi connectivity index (χ3n) is 2.81. The minimum absolute atomic E-state index is 0.0850. The van der Waals surface area contributed by atoms with Crippen molar-refractivity contribution >= 4 is 0 Å². The number of nitrogens with one attached hydrogen (secondary N) is 1. The summed E-state index contributed by atoms with van der Waals surface area (Å²) < 4.78 is 32.2. The van der Waals surface area contributed by atoms with Gasteiger partial charge in [0.05, 0.1) is 18.5 Å². The van der Waals surface area contributed by atoms with E-state index in [9.17, 15) is 8.78 Å². The molecule has 0 saturated carbocycles. The molecule has 3 N–H and O–H groups in total. The molecule has 18 heavy (non-hydrogen) atoms. The van der Waals surface area contributed by atoms with Gasteiger partial charge in [-0.25, -0.2) is 8.78 Å². The SMILES string of the molecule is COc1cc(F)c(-c2n[nH]c(CN)c2C)cc1F. The summed E-state index contributed by atoms with van der Waals surface area (Å²) in [7, 11) is 1.28. The summed E-state index contributed by atoms with van der Waals surface area (Å²) in [6.07, 6.45) is 0. The molecule has 0 unspecified atom stereocenters. The van der Waals surface area contributed by atoms with Gasteiger partial charge < -0.3 is 10.5 Å². The molecule has 4 nitrogen and oxygen atoms in total. The summed E-state index contributed by atoms with van der Waals surface area (Å²) in [5.74, 6) is -1.36. The van der Waals surface area contributed by atoms with E-state index in [1.807, 2.05) is 0 Å². The second-order valence-electron chi connectivity index (χ2n) is 3.85. The molecule has 0 aliphatic heterocycles. The van der Waals surface area contributed by atoms with E-state index in [-0.39, 0.29) is 17.9 Å². The summed E-state index contributed by atoms with van der Waals surface area (Å²) in [6, 6.07) is 2.07. The number of hydrogen-bond acceptors (Lipinski definition) is 3. The van der Waals surface area contributed by atoms with E-state index in [1.54, 1.807) is 6.92 Å². The molecule has 0 bridgehead atoms. The highest BCUT2D eigenvalue weighted by Crippen LogP contribution is 2.30. The molecular weight excluding hydrogens is 240 g/mol. The smallest absolute Gasteiger partial charge is 0.165 e. The quantitative estimate of drug-likeness (QED) is 0.880. The van der Waals surface area contributed by atoms with Gasteiger partial charge in [-0.05, 0) is 18.6 Å². The Morgan fingerprint density at radius 3 is 2.61 bits per heavy atom. The van der Waals surface area contributed by atoms with Gasteiger partial charge in [-0.15, -0.1) is 0 Å². The lowest BCUT2D eigenvalue weighted by molar-refractivity contribution is 0.383. The maximum absolute atomic E-state index is 13.9. The van der Waals surface area contributed by atoms with Gasteiger partial charge in [0, 0.05) is 18.2 Å². The van der Waals surface area contributed by atoms with Gasteiger partial charge >= 0.3 is 0 Å². The first kappa shape index (κ1) is 12.5.